The summed E-state index contributed by atoms with van der Waals surface area (Å²) in [7, 11) is 0. The molecule has 2 heterocycles. The summed E-state index contributed by atoms with van der Waals surface area (Å²) >= 11 is 6.11. The van der Waals surface area contributed by atoms with Crippen LogP contribution < -0.4 is 10.6 Å². The molecule has 1 aliphatic rings. The Morgan fingerprint density at radius 3 is 2.86 bits per heavy atom. The van der Waals surface area contributed by atoms with E-state index in [0.717, 1.165) is 5.56 Å². The molecule has 6 nitrogen and oxygen atoms in total. The van der Waals surface area contributed by atoms with E-state index in [1.165, 1.54) is 0 Å². The van der Waals surface area contributed by atoms with Gasteiger partial charge in [-0.1, -0.05) is 11.6 Å². The third kappa shape index (κ3) is 3.16. The standard InChI is InChI=1S/C14H16ClN3O3/c1-4-21-13(19)10-8(3)17-14(20)18-11(10)9-5-7(2)6-16-12(9)15/h5-6,11H,4H2,1-3H3,(H2,17,18,20). The Bertz CT molecular complexity index is 628. The number of halogens is 1. The normalized spacial score (nSPS) is 18.1. The molecule has 1 aromatic rings. The fraction of sp³-hybridized carbons (Fsp3) is 0.357. The summed E-state index contributed by atoms with van der Waals surface area (Å²) in [5, 5.41) is 5.49. The molecule has 0 aliphatic carbocycles. The van der Waals surface area contributed by atoms with Crippen LogP contribution in [0.25, 0.3) is 0 Å². The van der Waals surface area contributed by atoms with Crippen LogP contribution in [-0.2, 0) is 9.53 Å². The molecule has 0 aromatic carbocycles. The number of pyridine rings is 1. The summed E-state index contributed by atoms with van der Waals surface area (Å²) in [5.74, 6) is -0.495. The zero-order chi connectivity index (χ0) is 15.6. The summed E-state index contributed by atoms with van der Waals surface area (Å²) in [6.45, 7) is 5.47. The maximum Gasteiger partial charge on any atom is 0.338 e. The van der Waals surface area contributed by atoms with Crippen molar-refractivity contribution in [3.63, 3.8) is 0 Å². The fourth-order valence-electron chi connectivity index (χ4n) is 2.18. The van der Waals surface area contributed by atoms with E-state index in [1.807, 2.05) is 6.92 Å². The number of amides is 2. The number of hydrogen-bond acceptors (Lipinski definition) is 4. The van der Waals surface area contributed by atoms with E-state index >= 15 is 0 Å². The Labute approximate surface area is 127 Å². The van der Waals surface area contributed by atoms with Crippen molar-refractivity contribution in [2.75, 3.05) is 6.61 Å². The molecule has 7 heteroatoms. The Morgan fingerprint density at radius 1 is 1.48 bits per heavy atom. The minimum Gasteiger partial charge on any atom is -0.463 e. The lowest BCUT2D eigenvalue weighted by Crippen LogP contribution is -2.45. The zero-order valence-electron chi connectivity index (χ0n) is 12.0. The van der Waals surface area contributed by atoms with Crippen LogP contribution in [-0.4, -0.2) is 23.6 Å². The maximum atomic E-state index is 12.2. The Hall–Kier alpha value is -2.08. The molecule has 0 radical (unpaired) electrons. The smallest absolute Gasteiger partial charge is 0.338 e. The third-order valence-corrected chi connectivity index (χ3v) is 3.39. The van der Waals surface area contributed by atoms with Crippen molar-refractivity contribution in [2.24, 2.45) is 0 Å². The molecule has 0 fully saturated rings. The second-order valence-electron chi connectivity index (χ2n) is 4.68. The first-order chi connectivity index (χ1) is 9.93. The summed E-state index contributed by atoms with van der Waals surface area (Å²) < 4.78 is 5.06. The van der Waals surface area contributed by atoms with Gasteiger partial charge in [-0.3, -0.25) is 0 Å². The lowest BCUT2D eigenvalue weighted by molar-refractivity contribution is -0.139. The first kappa shape index (κ1) is 15.3. The Balaban J connectivity index is 2.52. The van der Waals surface area contributed by atoms with Crippen LogP contribution in [0.3, 0.4) is 0 Å². The van der Waals surface area contributed by atoms with Gasteiger partial charge in [0.1, 0.15) is 5.15 Å². The minimum atomic E-state index is -0.683. The third-order valence-electron chi connectivity index (χ3n) is 3.08. The van der Waals surface area contributed by atoms with Gasteiger partial charge in [0.25, 0.3) is 0 Å². The molecule has 112 valence electrons. The maximum absolute atomic E-state index is 12.2. The Morgan fingerprint density at radius 2 is 2.19 bits per heavy atom. The molecule has 0 saturated heterocycles. The summed E-state index contributed by atoms with van der Waals surface area (Å²) in [6.07, 6.45) is 1.62. The van der Waals surface area contributed by atoms with Gasteiger partial charge < -0.3 is 15.4 Å². The number of ether oxygens (including phenoxy) is 1. The van der Waals surface area contributed by atoms with Gasteiger partial charge in [-0.05, 0) is 32.4 Å². The quantitative estimate of drug-likeness (QED) is 0.663. The van der Waals surface area contributed by atoms with Crippen LogP contribution in [0.15, 0.2) is 23.5 Å². The van der Waals surface area contributed by atoms with Crippen LogP contribution in [0.1, 0.15) is 31.0 Å². The molecule has 1 unspecified atom stereocenters. The molecule has 0 bridgehead atoms. The number of carbonyl (C=O) groups is 2. The van der Waals surface area contributed by atoms with E-state index in [4.69, 9.17) is 16.3 Å². The molecule has 2 N–H and O–H groups in total. The first-order valence-corrected chi connectivity index (χ1v) is 6.89. The van der Waals surface area contributed by atoms with E-state index in [2.05, 4.69) is 15.6 Å². The van der Waals surface area contributed by atoms with Crippen LogP contribution in [0.2, 0.25) is 5.15 Å². The number of aryl methyl sites for hydroxylation is 1. The number of esters is 1. The highest BCUT2D eigenvalue weighted by atomic mass is 35.5. The average Bonchev–Trinajstić information content (AvgIpc) is 2.40. The molecule has 21 heavy (non-hydrogen) atoms. The molecule has 2 amide bonds. The lowest BCUT2D eigenvalue weighted by Gasteiger charge is -2.28. The van der Waals surface area contributed by atoms with E-state index in [9.17, 15) is 9.59 Å². The summed E-state index contributed by atoms with van der Waals surface area (Å²) in [5.41, 5.74) is 2.21. The molecule has 0 spiro atoms. The predicted molar refractivity (Wildman–Crippen MR) is 77.7 cm³/mol. The van der Waals surface area contributed by atoms with Gasteiger partial charge in [-0.15, -0.1) is 0 Å². The molecular weight excluding hydrogens is 294 g/mol. The number of urea groups is 1. The highest BCUT2D eigenvalue weighted by Gasteiger charge is 2.33. The molecular formula is C14H16ClN3O3. The van der Waals surface area contributed by atoms with Crippen molar-refractivity contribution in [3.05, 3.63) is 39.8 Å². The number of rotatable bonds is 3. The van der Waals surface area contributed by atoms with Gasteiger partial charge in [-0.2, -0.15) is 0 Å². The van der Waals surface area contributed by atoms with Crippen LogP contribution in [0.4, 0.5) is 4.79 Å². The van der Waals surface area contributed by atoms with Crippen LogP contribution >= 0.6 is 11.6 Å². The second kappa shape index (κ2) is 6.13. The number of nitrogens with one attached hydrogen (secondary N) is 2. The lowest BCUT2D eigenvalue weighted by atomic mass is 9.96. The van der Waals surface area contributed by atoms with Crippen LogP contribution in [0.5, 0.6) is 0 Å². The molecule has 1 aliphatic heterocycles. The molecule has 0 saturated carbocycles. The topological polar surface area (TPSA) is 80.3 Å². The average molecular weight is 310 g/mol. The summed E-state index contributed by atoms with van der Waals surface area (Å²) in [6, 6.07) is 0.707. The van der Waals surface area contributed by atoms with Gasteiger partial charge in [0, 0.05) is 17.5 Å². The van der Waals surface area contributed by atoms with Crippen molar-refractivity contribution in [2.45, 2.75) is 26.8 Å². The van der Waals surface area contributed by atoms with Gasteiger partial charge in [0.2, 0.25) is 0 Å². The van der Waals surface area contributed by atoms with Crippen molar-refractivity contribution >= 4 is 23.6 Å². The number of hydrogen-bond donors (Lipinski definition) is 2. The number of nitrogens with zero attached hydrogens (tertiary/aromatic N) is 1. The van der Waals surface area contributed by atoms with Crippen molar-refractivity contribution in [1.82, 2.24) is 15.6 Å². The SMILES string of the molecule is CCOC(=O)C1=C(C)NC(=O)NC1c1cc(C)cnc1Cl. The van der Waals surface area contributed by atoms with E-state index in [-0.39, 0.29) is 11.8 Å². The van der Waals surface area contributed by atoms with Crippen molar-refractivity contribution in [3.8, 4) is 0 Å². The van der Waals surface area contributed by atoms with Gasteiger partial charge in [-0.25, -0.2) is 14.6 Å². The second-order valence-corrected chi connectivity index (χ2v) is 5.04. The zero-order valence-corrected chi connectivity index (χ0v) is 12.7. The highest BCUT2D eigenvalue weighted by Crippen LogP contribution is 2.31. The monoisotopic (exact) mass is 309 g/mol. The fourth-order valence-corrected chi connectivity index (χ4v) is 2.40. The van der Waals surface area contributed by atoms with Gasteiger partial charge in [0.05, 0.1) is 18.2 Å². The highest BCUT2D eigenvalue weighted by molar-refractivity contribution is 6.30. The number of allylic oxidation sites excluding steroid dienone is 1. The minimum absolute atomic E-state index is 0.238. The molecule has 1 atom stereocenters. The van der Waals surface area contributed by atoms with Crippen LogP contribution in [0, 0.1) is 6.92 Å². The predicted octanol–water partition coefficient (Wildman–Crippen LogP) is 2.23. The van der Waals surface area contributed by atoms with Gasteiger partial charge >= 0.3 is 12.0 Å². The number of carbonyl (C=O) groups excluding carboxylic acids is 2. The Kier molecular flexibility index (Phi) is 4.47. The summed E-state index contributed by atoms with van der Waals surface area (Å²) in [4.78, 5) is 27.9. The first-order valence-electron chi connectivity index (χ1n) is 6.51. The van der Waals surface area contributed by atoms with Crippen molar-refractivity contribution in [1.29, 1.82) is 0 Å². The molecule has 2 rings (SSSR count). The van der Waals surface area contributed by atoms with E-state index < -0.39 is 18.0 Å². The van der Waals surface area contributed by atoms with E-state index in [0.29, 0.717) is 16.8 Å². The number of aromatic nitrogens is 1. The largest absolute Gasteiger partial charge is 0.463 e. The van der Waals surface area contributed by atoms with E-state index in [1.54, 1.807) is 26.1 Å². The molecule has 1 aromatic heterocycles. The van der Waals surface area contributed by atoms with Gasteiger partial charge in [0.15, 0.2) is 0 Å². The van der Waals surface area contributed by atoms with Crippen molar-refractivity contribution < 1.29 is 14.3 Å².